The van der Waals surface area contributed by atoms with Crippen molar-refractivity contribution < 1.29 is 4.39 Å². The Bertz CT molecular complexity index is 870. The summed E-state index contributed by atoms with van der Waals surface area (Å²) >= 11 is 0. The van der Waals surface area contributed by atoms with Crippen LogP contribution in [-0.2, 0) is 13.1 Å². The molecule has 126 valence electrons. The van der Waals surface area contributed by atoms with Gasteiger partial charge in [0.05, 0.1) is 5.52 Å². The fourth-order valence-corrected chi connectivity index (χ4v) is 2.91. The van der Waals surface area contributed by atoms with Gasteiger partial charge in [-0.2, -0.15) is 0 Å². The first-order valence-corrected chi connectivity index (χ1v) is 7.65. The SMILES string of the molecule is C=CCn1c(C)c(C)c2ccnc(NCc3cccc(F)c3)c21.Cl. The van der Waals surface area contributed by atoms with Crippen LogP contribution in [0, 0.1) is 19.7 Å². The first-order valence-electron chi connectivity index (χ1n) is 7.65. The maximum atomic E-state index is 13.3. The molecule has 0 unspecified atom stereocenters. The number of aryl methyl sites for hydroxylation is 1. The fraction of sp³-hybridized carbons (Fsp3) is 0.211. The van der Waals surface area contributed by atoms with Crippen LogP contribution < -0.4 is 5.32 Å². The zero-order valence-corrected chi connectivity index (χ0v) is 14.7. The van der Waals surface area contributed by atoms with Gasteiger partial charge in [0.25, 0.3) is 0 Å². The van der Waals surface area contributed by atoms with Crippen molar-refractivity contribution in [2.45, 2.75) is 26.9 Å². The Kier molecular flexibility index (Phi) is 5.62. The first kappa shape index (κ1) is 18.0. The summed E-state index contributed by atoms with van der Waals surface area (Å²) in [6.07, 6.45) is 3.69. The van der Waals surface area contributed by atoms with E-state index in [9.17, 15) is 4.39 Å². The number of anilines is 1. The van der Waals surface area contributed by atoms with Crippen molar-refractivity contribution >= 4 is 29.1 Å². The van der Waals surface area contributed by atoms with Crippen molar-refractivity contribution in [2.24, 2.45) is 0 Å². The van der Waals surface area contributed by atoms with Crippen molar-refractivity contribution in [2.75, 3.05) is 5.32 Å². The lowest BCUT2D eigenvalue weighted by atomic mass is 10.2. The molecular formula is C19H21ClFN3. The van der Waals surface area contributed by atoms with Crippen LogP contribution in [0.1, 0.15) is 16.8 Å². The molecule has 0 spiro atoms. The van der Waals surface area contributed by atoms with E-state index in [4.69, 9.17) is 0 Å². The lowest BCUT2D eigenvalue weighted by molar-refractivity contribution is 0.626. The first-order chi connectivity index (χ1) is 11.1. The number of aromatic nitrogens is 2. The molecule has 24 heavy (non-hydrogen) atoms. The Morgan fingerprint density at radius 1 is 1.29 bits per heavy atom. The van der Waals surface area contributed by atoms with Gasteiger partial charge in [-0.15, -0.1) is 19.0 Å². The molecule has 1 N–H and O–H groups in total. The van der Waals surface area contributed by atoms with Gasteiger partial charge in [0.2, 0.25) is 0 Å². The Labute approximate surface area is 147 Å². The van der Waals surface area contributed by atoms with Gasteiger partial charge >= 0.3 is 0 Å². The predicted molar refractivity (Wildman–Crippen MR) is 100 cm³/mol. The van der Waals surface area contributed by atoms with E-state index in [0.717, 1.165) is 23.4 Å². The molecule has 0 saturated carbocycles. The van der Waals surface area contributed by atoms with E-state index in [1.165, 1.54) is 28.8 Å². The Balaban J connectivity index is 0.00000208. The van der Waals surface area contributed by atoms with Gasteiger partial charge in [0.15, 0.2) is 5.82 Å². The summed E-state index contributed by atoms with van der Waals surface area (Å²) in [6.45, 7) is 9.33. The molecule has 0 amide bonds. The molecule has 0 radical (unpaired) electrons. The van der Waals surface area contributed by atoms with Crippen LogP contribution in [0.5, 0.6) is 0 Å². The van der Waals surface area contributed by atoms with Gasteiger partial charge in [0.1, 0.15) is 5.82 Å². The minimum atomic E-state index is -0.225. The largest absolute Gasteiger partial charge is 0.364 e. The summed E-state index contributed by atoms with van der Waals surface area (Å²) in [5.41, 5.74) is 4.41. The Hall–Kier alpha value is -2.33. The highest BCUT2D eigenvalue weighted by atomic mass is 35.5. The summed E-state index contributed by atoms with van der Waals surface area (Å²) < 4.78 is 15.5. The highest BCUT2D eigenvalue weighted by Gasteiger charge is 2.14. The fourth-order valence-electron chi connectivity index (χ4n) is 2.91. The normalized spacial score (nSPS) is 10.5. The minimum Gasteiger partial charge on any atom is -0.364 e. The van der Waals surface area contributed by atoms with Crippen LogP contribution in [-0.4, -0.2) is 9.55 Å². The molecule has 0 saturated heterocycles. The minimum absolute atomic E-state index is 0. The number of pyridine rings is 1. The zero-order valence-electron chi connectivity index (χ0n) is 13.8. The van der Waals surface area contributed by atoms with Crippen molar-refractivity contribution in [3.63, 3.8) is 0 Å². The molecule has 0 aliphatic carbocycles. The third kappa shape index (κ3) is 3.29. The number of halogens is 2. The number of hydrogen-bond acceptors (Lipinski definition) is 2. The van der Waals surface area contributed by atoms with Crippen LogP contribution in [0.3, 0.4) is 0 Å². The van der Waals surface area contributed by atoms with Crippen molar-refractivity contribution in [1.82, 2.24) is 9.55 Å². The standard InChI is InChI=1S/C19H20FN3.ClH/c1-4-10-23-14(3)13(2)17-8-9-21-19(18(17)23)22-12-15-6-5-7-16(20)11-15;/h4-9,11H,1,10,12H2,2-3H3,(H,21,22);1H. The van der Waals surface area contributed by atoms with Gasteiger partial charge < -0.3 is 9.88 Å². The molecule has 3 aromatic rings. The van der Waals surface area contributed by atoms with E-state index < -0.39 is 0 Å². The number of fused-ring (bicyclic) bond motifs is 1. The van der Waals surface area contributed by atoms with Crippen LogP contribution in [0.25, 0.3) is 10.9 Å². The molecule has 0 aliphatic heterocycles. The smallest absolute Gasteiger partial charge is 0.150 e. The molecule has 2 heterocycles. The summed E-state index contributed by atoms with van der Waals surface area (Å²) in [5, 5.41) is 4.52. The average molecular weight is 346 g/mol. The quantitative estimate of drug-likeness (QED) is 0.658. The molecule has 0 aliphatic rings. The van der Waals surface area contributed by atoms with Gasteiger partial charge in [-0.25, -0.2) is 9.37 Å². The summed E-state index contributed by atoms with van der Waals surface area (Å²) in [5.74, 6) is 0.585. The van der Waals surface area contributed by atoms with E-state index in [1.807, 2.05) is 18.2 Å². The second-order valence-electron chi connectivity index (χ2n) is 5.65. The number of allylic oxidation sites excluding steroid dienone is 1. The highest BCUT2D eigenvalue weighted by molar-refractivity contribution is 5.93. The van der Waals surface area contributed by atoms with E-state index >= 15 is 0 Å². The lowest BCUT2D eigenvalue weighted by Crippen LogP contribution is -2.05. The molecule has 0 bridgehead atoms. The molecule has 5 heteroatoms. The van der Waals surface area contributed by atoms with E-state index in [1.54, 1.807) is 12.3 Å². The number of hydrogen-bond donors (Lipinski definition) is 1. The molecule has 3 rings (SSSR count). The number of nitrogens with zero attached hydrogens (tertiary/aromatic N) is 2. The van der Waals surface area contributed by atoms with Crippen LogP contribution in [0.2, 0.25) is 0 Å². The van der Waals surface area contributed by atoms with E-state index in [-0.39, 0.29) is 18.2 Å². The maximum absolute atomic E-state index is 13.3. The van der Waals surface area contributed by atoms with Crippen LogP contribution in [0.4, 0.5) is 10.2 Å². The zero-order chi connectivity index (χ0) is 16.4. The maximum Gasteiger partial charge on any atom is 0.150 e. The van der Waals surface area contributed by atoms with E-state index in [0.29, 0.717) is 6.54 Å². The molecule has 0 fully saturated rings. The second-order valence-corrected chi connectivity index (χ2v) is 5.65. The van der Waals surface area contributed by atoms with Crippen molar-refractivity contribution in [3.8, 4) is 0 Å². The summed E-state index contributed by atoms with van der Waals surface area (Å²) in [4.78, 5) is 4.48. The number of rotatable bonds is 5. The molecule has 2 aromatic heterocycles. The molecular weight excluding hydrogens is 325 g/mol. The van der Waals surface area contributed by atoms with Crippen LogP contribution in [0.15, 0.2) is 49.2 Å². The van der Waals surface area contributed by atoms with Gasteiger partial charge in [-0.3, -0.25) is 0 Å². The van der Waals surface area contributed by atoms with Gasteiger partial charge in [-0.1, -0.05) is 18.2 Å². The second kappa shape index (κ2) is 7.49. The topological polar surface area (TPSA) is 29.9 Å². The summed E-state index contributed by atoms with van der Waals surface area (Å²) in [6, 6.07) is 8.63. The van der Waals surface area contributed by atoms with E-state index in [2.05, 4.69) is 35.3 Å². The number of nitrogens with one attached hydrogen (secondary N) is 1. The highest BCUT2D eigenvalue weighted by Crippen LogP contribution is 2.29. The molecule has 1 aromatic carbocycles. The molecule has 3 nitrogen and oxygen atoms in total. The third-order valence-corrected chi connectivity index (χ3v) is 4.21. The average Bonchev–Trinajstić information content (AvgIpc) is 2.79. The number of benzene rings is 1. The molecule has 0 atom stereocenters. The van der Waals surface area contributed by atoms with Crippen molar-refractivity contribution in [3.05, 3.63) is 71.8 Å². The third-order valence-electron chi connectivity index (χ3n) is 4.21. The lowest BCUT2D eigenvalue weighted by Gasteiger charge is -2.11. The predicted octanol–water partition coefficient (Wildman–Crippen LogP) is 5.01. The monoisotopic (exact) mass is 345 g/mol. The van der Waals surface area contributed by atoms with Gasteiger partial charge in [-0.05, 0) is 43.2 Å². The van der Waals surface area contributed by atoms with Crippen LogP contribution >= 0.6 is 12.4 Å². The van der Waals surface area contributed by atoms with Crippen molar-refractivity contribution in [1.29, 1.82) is 0 Å². The summed E-state index contributed by atoms with van der Waals surface area (Å²) in [7, 11) is 0. The van der Waals surface area contributed by atoms with Gasteiger partial charge in [0, 0.05) is 30.4 Å². The Morgan fingerprint density at radius 2 is 2.08 bits per heavy atom. The Morgan fingerprint density at radius 3 is 2.79 bits per heavy atom.